The number of aliphatic hydroxyl groups excluding tert-OH is 1. The van der Waals surface area contributed by atoms with Crippen LogP contribution >= 0.6 is 0 Å². The highest BCUT2D eigenvalue weighted by atomic mass is 16.6. The first-order valence-electron chi connectivity index (χ1n) is 12.0. The molecule has 0 spiro atoms. The van der Waals surface area contributed by atoms with Gasteiger partial charge in [0.25, 0.3) is 5.91 Å². The van der Waals surface area contributed by atoms with Gasteiger partial charge in [0.15, 0.2) is 0 Å². The number of hydrogen-bond acceptors (Lipinski definition) is 7. The maximum Gasteiger partial charge on any atom is 0.408 e. The highest BCUT2D eigenvalue weighted by molar-refractivity contribution is 6.00. The summed E-state index contributed by atoms with van der Waals surface area (Å²) in [6.45, 7) is 4.28. The lowest BCUT2D eigenvalue weighted by Crippen LogP contribution is -2.55. The normalized spacial score (nSPS) is 13.2. The van der Waals surface area contributed by atoms with Gasteiger partial charge in [0.2, 0.25) is 5.91 Å². The molecule has 3 aromatic rings. The van der Waals surface area contributed by atoms with Crippen molar-refractivity contribution in [3.05, 3.63) is 65.9 Å². The van der Waals surface area contributed by atoms with Gasteiger partial charge < -0.3 is 30.2 Å². The number of phenolic OH excluding ortho intramolecular Hbond substituents is 1. The molecule has 0 saturated heterocycles. The Balaban J connectivity index is 1.74. The summed E-state index contributed by atoms with van der Waals surface area (Å²) in [6, 6.07) is 11.5. The van der Waals surface area contributed by atoms with Crippen molar-refractivity contribution in [3.63, 3.8) is 0 Å². The van der Waals surface area contributed by atoms with Gasteiger partial charge in [-0.1, -0.05) is 30.3 Å². The molecule has 11 heteroatoms. The molecule has 5 N–H and O–H groups in total. The van der Waals surface area contributed by atoms with E-state index in [1.165, 1.54) is 18.3 Å². The quantitative estimate of drug-likeness (QED) is 0.213. The lowest BCUT2D eigenvalue weighted by molar-refractivity contribution is -0.130. The number of nitrogens with zero attached hydrogens (tertiary/aromatic N) is 2. The first-order valence-corrected chi connectivity index (χ1v) is 12.0. The zero-order valence-corrected chi connectivity index (χ0v) is 21.8. The van der Waals surface area contributed by atoms with E-state index in [1.54, 1.807) is 32.9 Å². The number of carbonyl (C=O) groups excluding carboxylic acids is 3. The zero-order valence-electron chi connectivity index (χ0n) is 21.8. The number of carbonyl (C=O) groups is 3. The maximum absolute atomic E-state index is 13.1. The Morgan fingerprint density at radius 1 is 1.03 bits per heavy atom. The van der Waals surface area contributed by atoms with E-state index >= 15 is 0 Å². The molecule has 0 aliphatic carbocycles. The lowest BCUT2D eigenvalue weighted by atomic mass is 10.0. The summed E-state index contributed by atoms with van der Waals surface area (Å²) >= 11 is 0. The fourth-order valence-electron chi connectivity index (χ4n) is 3.71. The van der Waals surface area contributed by atoms with Crippen LogP contribution in [0.2, 0.25) is 0 Å². The zero-order chi connectivity index (χ0) is 27.9. The van der Waals surface area contributed by atoms with Crippen LogP contribution in [0, 0.1) is 0 Å². The summed E-state index contributed by atoms with van der Waals surface area (Å²) < 4.78 is 7.09. The third-order valence-corrected chi connectivity index (χ3v) is 5.51. The predicted octanol–water partition coefficient (Wildman–Crippen LogP) is 1.95. The molecule has 3 rings (SSSR count). The van der Waals surface area contributed by atoms with Crippen molar-refractivity contribution >= 4 is 35.0 Å². The molecule has 3 amide bonds. The fourth-order valence-corrected chi connectivity index (χ4v) is 3.71. The van der Waals surface area contributed by atoms with E-state index in [9.17, 15) is 24.6 Å². The van der Waals surface area contributed by atoms with Crippen LogP contribution < -0.4 is 16.1 Å². The SMILES string of the molecule is Cn1cc(/C=N\NC(=O)[C@H](Cc2ccc(O)cc2)NC(=O)[C@H](CO)NC(=O)OC(C)(C)C)c2ccccc21. The van der Waals surface area contributed by atoms with Gasteiger partial charge in [0, 0.05) is 36.1 Å². The number of fused-ring (bicyclic) bond motifs is 1. The van der Waals surface area contributed by atoms with Crippen molar-refractivity contribution in [2.45, 2.75) is 44.9 Å². The molecule has 0 saturated carbocycles. The van der Waals surface area contributed by atoms with Gasteiger partial charge >= 0.3 is 6.09 Å². The van der Waals surface area contributed by atoms with E-state index in [0.29, 0.717) is 5.56 Å². The van der Waals surface area contributed by atoms with Gasteiger partial charge in [-0.2, -0.15) is 5.10 Å². The summed E-state index contributed by atoms with van der Waals surface area (Å²) in [5.41, 5.74) is 4.11. The molecule has 0 unspecified atom stereocenters. The molecule has 1 aromatic heterocycles. The monoisotopic (exact) mass is 523 g/mol. The Labute approximate surface area is 220 Å². The second-order valence-electron chi connectivity index (χ2n) is 9.76. The minimum Gasteiger partial charge on any atom is -0.508 e. The second kappa shape index (κ2) is 12.2. The Morgan fingerprint density at radius 3 is 2.37 bits per heavy atom. The highest BCUT2D eigenvalue weighted by Gasteiger charge is 2.28. The van der Waals surface area contributed by atoms with Crippen LogP contribution in [0.25, 0.3) is 10.9 Å². The summed E-state index contributed by atoms with van der Waals surface area (Å²) in [5.74, 6) is -1.34. The van der Waals surface area contributed by atoms with Crippen molar-refractivity contribution in [1.82, 2.24) is 20.6 Å². The molecular formula is C27H33N5O6. The van der Waals surface area contributed by atoms with Crippen molar-refractivity contribution in [1.29, 1.82) is 0 Å². The average molecular weight is 524 g/mol. The number of amides is 3. The Morgan fingerprint density at radius 2 is 1.71 bits per heavy atom. The Kier molecular flexibility index (Phi) is 9.08. The van der Waals surface area contributed by atoms with E-state index in [2.05, 4.69) is 21.2 Å². The number of hydrazone groups is 1. The van der Waals surface area contributed by atoms with E-state index in [4.69, 9.17) is 4.74 Å². The smallest absolute Gasteiger partial charge is 0.408 e. The number of alkyl carbamates (subject to hydrolysis) is 1. The summed E-state index contributed by atoms with van der Waals surface area (Å²) in [6.07, 6.45) is 2.57. The molecule has 11 nitrogen and oxygen atoms in total. The lowest BCUT2D eigenvalue weighted by Gasteiger charge is -2.24. The van der Waals surface area contributed by atoms with Gasteiger partial charge in [-0.15, -0.1) is 0 Å². The molecule has 0 fully saturated rings. The van der Waals surface area contributed by atoms with Gasteiger partial charge in [0.1, 0.15) is 23.4 Å². The van der Waals surface area contributed by atoms with Crippen molar-refractivity contribution in [3.8, 4) is 5.75 Å². The third kappa shape index (κ3) is 7.81. The van der Waals surface area contributed by atoms with Crippen LogP contribution in [0.4, 0.5) is 4.79 Å². The molecular weight excluding hydrogens is 490 g/mol. The third-order valence-electron chi connectivity index (χ3n) is 5.51. The first-order chi connectivity index (χ1) is 18.0. The highest BCUT2D eigenvalue weighted by Crippen LogP contribution is 2.18. The molecule has 0 aliphatic rings. The summed E-state index contributed by atoms with van der Waals surface area (Å²) in [7, 11) is 1.91. The topological polar surface area (TPSA) is 154 Å². The molecule has 1 heterocycles. The van der Waals surface area contributed by atoms with Gasteiger partial charge in [0.05, 0.1) is 12.8 Å². The van der Waals surface area contributed by atoms with Crippen LogP contribution in [0.15, 0.2) is 59.8 Å². The molecule has 0 radical (unpaired) electrons. The number of rotatable bonds is 9. The standard InChI is InChI=1S/C27H33N5O6/c1-27(2,3)38-26(37)30-22(16-33)24(35)29-21(13-17-9-11-19(34)12-10-17)25(36)31-28-14-18-15-32(4)23-8-6-5-7-20(18)23/h5-12,14-15,21-22,33-34H,13,16H2,1-4H3,(H,29,35)(H,30,37)(H,31,36)/b28-14-/t21-,22-/m0/s1. The molecule has 0 bridgehead atoms. The van der Waals surface area contributed by atoms with Crippen molar-refractivity contribution < 1.29 is 29.3 Å². The van der Waals surface area contributed by atoms with Crippen LogP contribution in [-0.2, 0) is 27.8 Å². The van der Waals surface area contributed by atoms with Gasteiger partial charge in [-0.05, 0) is 44.5 Å². The maximum atomic E-state index is 13.1. The van der Waals surface area contributed by atoms with Gasteiger partial charge in [-0.3, -0.25) is 9.59 Å². The van der Waals surface area contributed by atoms with Crippen LogP contribution in [-0.4, -0.2) is 63.2 Å². The van der Waals surface area contributed by atoms with E-state index < -0.39 is 42.2 Å². The van der Waals surface area contributed by atoms with Gasteiger partial charge in [-0.25, -0.2) is 10.2 Å². The largest absolute Gasteiger partial charge is 0.508 e. The fraction of sp³-hybridized carbons (Fsp3) is 0.333. The number of aliphatic hydroxyl groups is 1. The molecule has 38 heavy (non-hydrogen) atoms. The number of aryl methyl sites for hydroxylation is 1. The van der Waals surface area contributed by atoms with E-state index in [1.807, 2.05) is 42.1 Å². The minimum atomic E-state index is -1.35. The van der Waals surface area contributed by atoms with Crippen LogP contribution in [0.3, 0.4) is 0 Å². The number of nitrogens with one attached hydrogen (secondary N) is 3. The Hall–Kier alpha value is -4.38. The minimum absolute atomic E-state index is 0.0559. The number of ether oxygens (including phenoxy) is 1. The molecule has 0 aliphatic heterocycles. The average Bonchev–Trinajstić information content (AvgIpc) is 3.17. The number of benzene rings is 2. The Bertz CT molecular complexity index is 1310. The molecule has 2 atom stereocenters. The predicted molar refractivity (Wildman–Crippen MR) is 143 cm³/mol. The van der Waals surface area contributed by atoms with Crippen LogP contribution in [0.1, 0.15) is 31.9 Å². The van der Waals surface area contributed by atoms with Crippen LogP contribution in [0.5, 0.6) is 5.75 Å². The van der Waals surface area contributed by atoms with E-state index in [-0.39, 0.29) is 12.2 Å². The number of hydrogen-bond donors (Lipinski definition) is 5. The number of para-hydroxylation sites is 1. The second-order valence-corrected chi connectivity index (χ2v) is 9.76. The molecule has 2 aromatic carbocycles. The summed E-state index contributed by atoms with van der Waals surface area (Å²) in [4.78, 5) is 38.0. The molecule has 202 valence electrons. The van der Waals surface area contributed by atoms with Crippen molar-refractivity contribution in [2.24, 2.45) is 12.1 Å². The van der Waals surface area contributed by atoms with Crippen molar-refractivity contribution in [2.75, 3.05) is 6.61 Å². The summed E-state index contributed by atoms with van der Waals surface area (Å²) in [5, 5.41) is 29.1. The number of phenols is 1. The number of aromatic nitrogens is 1. The van der Waals surface area contributed by atoms with E-state index in [0.717, 1.165) is 16.5 Å². The number of aromatic hydroxyl groups is 1. The first kappa shape index (κ1) is 28.2.